The topological polar surface area (TPSA) is 29.1 Å². The molecule has 1 saturated heterocycles. The smallest absolute Gasteiger partial charge is 0.230 e. The number of carbonyl (C=O) groups excluding carboxylic acids is 1. The van der Waals surface area contributed by atoms with Crippen molar-refractivity contribution in [2.45, 2.75) is 30.6 Å². The molecule has 0 spiro atoms. The van der Waals surface area contributed by atoms with Gasteiger partial charge in [-0.2, -0.15) is 0 Å². The van der Waals surface area contributed by atoms with Crippen LogP contribution in [0, 0.1) is 0 Å². The van der Waals surface area contributed by atoms with Crippen LogP contribution in [0.1, 0.15) is 19.3 Å². The largest absolute Gasteiger partial charge is 0.352 e. The monoisotopic (exact) mass is 157 g/mol. The van der Waals surface area contributed by atoms with Crippen molar-refractivity contribution in [1.29, 1.82) is 0 Å². The molecule has 1 N–H and O–H groups in total. The third-order valence-corrected chi connectivity index (χ3v) is 3.65. The van der Waals surface area contributed by atoms with E-state index in [-0.39, 0.29) is 5.91 Å². The van der Waals surface area contributed by atoms with Crippen LogP contribution in [0.15, 0.2) is 0 Å². The summed E-state index contributed by atoms with van der Waals surface area (Å²) in [5.41, 5.74) is 0. The Labute approximate surface area is 64.8 Å². The summed E-state index contributed by atoms with van der Waals surface area (Å²) in [4.78, 5) is 10.9. The van der Waals surface area contributed by atoms with Crippen LogP contribution in [0.25, 0.3) is 0 Å². The lowest BCUT2D eigenvalue weighted by Gasteiger charge is -2.25. The number of thioether (sulfide) groups is 1. The van der Waals surface area contributed by atoms with Gasteiger partial charge in [-0.3, -0.25) is 4.79 Å². The van der Waals surface area contributed by atoms with E-state index in [9.17, 15) is 4.79 Å². The Morgan fingerprint density at radius 3 is 3.30 bits per heavy atom. The fraction of sp³-hybridized carbons (Fsp3) is 0.857. The van der Waals surface area contributed by atoms with Gasteiger partial charge in [-0.15, -0.1) is 11.8 Å². The average molecular weight is 157 g/mol. The summed E-state index contributed by atoms with van der Waals surface area (Å²) in [5.74, 6) is 0.911. The first-order valence-electron chi connectivity index (χ1n) is 3.77. The van der Waals surface area contributed by atoms with Crippen molar-refractivity contribution < 1.29 is 4.79 Å². The molecule has 1 aliphatic heterocycles. The Kier molecular flexibility index (Phi) is 1.60. The highest BCUT2D eigenvalue weighted by Crippen LogP contribution is 2.32. The van der Waals surface area contributed by atoms with Crippen LogP contribution < -0.4 is 5.32 Å². The third kappa shape index (κ3) is 1.03. The summed E-state index contributed by atoms with van der Waals surface area (Å²) in [6.07, 6.45) is 3.79. The average Bonchev–Trinajstić information content (AvgIpc) is 2.33. The quantitative estimate of drug-likeness (QED) is 0.562. The van der Waals surface area contributed by atoms with Crippen LogP contribution in [-0.4, -0.2) is 23.0 Å². The van der Waals surface area contributed by atoms with Gasteiger partial charge in [-0.1, -0.05) is 6.42 Å². The lowest BCUT2D eigenvalue weighted by atomic mass is 10.2. The van der Waals surface area contributed by atoms with Crippen molar-refractivity contribution in [2.24, 2.45) is 0 Å². The van der Waals surface area contributed by atoms with Crippen LogP contribution in [0.3, 0.4) is 0 Å². The zero-order valence-electron chi connectivity index (χ0n) is 5.80. The molecule has 2 atom stereocenters. The van der Waals surface area contributed by atoms with Gasteiger partial charge in [-0.25, -0.2) is 0 Å². The molecule has 56 valence electrons. The minimum absolute atomic E-state index is 0.230. The van der Waals surface area contributed by atoms with E-state index in [0.29, 0.717) is 11.8 Å². The predicted molar refractivity (Wildman–Crippen MR) is 42.0 cm³/mol. The molecule has 0 aromatic rings. The van der Waals surface area contributed by atoms with Gasteiger partial charge in [0, 0.05) is 11.3 Å². The lowest BCUT2D eigenvalue weighted by molar-refractivity contribution is -0.119. The Hall–Kier alpha value is -0.180. The molecule has 1 amide bonds. The first-order valence-corrected chi connectivity index (χ1v) is 4.82. The zero-order chi connectivity index (χ0) is 6.97. The van der Waals surface area contributed by atoms with E-state index < -0.39 is 0 Å². The Morgan fingerprint density at radius 2 is 2.40 bits per heavy atom. The summed E-state index contributed by atoms with van der Waals surface area (Å²) < 4.78 is 0. The lowest BCUT2D eigenvalue weighted by Crippen LogP contribution is -2.44. The number of hydrogen-bond acceptors (Lipinski definition) is 2. The van der Waals surface area contributed by atoms with Crippen LogP contribution >= 0.6 is 11.8 Å². The number of rotatable bonds is 0. The van der Waals surface area contributed by atoms with E-state index in [0.717, 1.165) is 5.25 Å². The molecular weight excluding hydrogens is 146 g/mol. The summed E-state index contributed by atoms with van der Waals surface area (Å²) in [5, 5.41) is 3.75. The van der Waals surface area contributed by atoms with E-state index in [2.05, 4.69) is 5.32 Å². The highest BCUT2D eigenvalue weighted by Gasteiger charge is 2.32. The molecule has 2 fully saturated rings. The van der Waals surface area contributed by atoms with E-state index in [1.54, 1.807) is 0 Å². The van der Waals surface area contributed by atoms with Gasteiger partial charge in [0.05, 0.1) is 5.75 Å². The highest BCUT2D eigenvalue weighted by molar-refractivity contribution is 8.00. The van der Waals surface area contributed by atoms with Gasteiger partial charge in [0.15, 0.2) is 0 Å². The molecule has 0 bridgehead atoms. The second-order valence-corrected chi connectivity index (χ2v) is 4.18. The highest BCUT2D eigenvalue weighted by atomic mass is 32.2. The molecule has 3 heteroatoms. The molecule has 0 radical (unpaired) electrons. The van der Waals surface area contributed by atoms with E-state index in [4.69, 9.17) is 0 Å². The van der Waals surface area contributed by atoms with Crippen LogP contribution in [0.5, 0.6) is 0 Å². The summed E-state index contributed by atoms with van der Waals surface area (Å²) >= 11 is 1.83. The molecule has 1 aliphatic carbocycles. The molecular formula is C7H11NOS. The Bertz CT molecular complexity index is 160. The molecule has 0 aromatic carbocycles. The maximum absolute atomic E-state index is 10.9. The Morgan fingerprint density at radius 1 is 1.50 bits per heavy atom. The summed E-state index contributed by atoms with van der Waals surface area (Å²) in [6, 6.07) is 0.506. The fourth-order valence-electron chi connectivity index (χ4n) is 1.72. The van der Waals surface area contributed by atoms with Gasteiger partial charge >= 0.3 is 0 Å². The van der Waals surface area contributed by atoms with Crippen LogP contribution in [0.2, 0.25) is 0 Å². The van der Waals surface area contributed by atoms with Crippen molar-refractivity contribution in [2.75, 3.05) is 5.75 Å². The van der Waals surface area contributed by atoms with Gasteiger partial charge in [0.25, 0.3) is 0 Å². The number of nitrogens with one attached hydrogen (secondary N) is 1. The zero-order valence-corrected chi connectivity index (χ0v) is 6.62. The fourth-order valence-corrected chi connectivity index (χ4v) is 2.94. The molecule has 10 heavy (non-hydrogen) atoms. The maximum Gasteiger partial charge on any atom is 0.230 e. The predicted octanol–water partition coefficient (Wildman–Crippen LogP) is 0.770. The van der Waals surface area contributed by atoms with Crippen molar-refractivity contribution >= 4 is 17.7 Å². The van der Waals surface area contributed by atoms with Gasteiger partial charge < -0.3 is 5.32 Å². The maximum atomic E-state index is 10.9. The van der Waals surface area contributed by atoms with Crippen LogP contribution in [-0.2, 0) is 4.79 Å². The SMILES string of the molecule is O=C1CSC2CCCC2N1. The third-order valence-electron chi connectivity index (χ3n) is 2.23. The number of hydrogen-bond donors (Lipinski definition) is 1. The van der Waals surface area contributed by atoms with Crippen molar-refractivity contribution in [3.8, 4) is 0 Å². The normalized spacial score (nSPS) is 39.0. The number of fused-ring (bicyclic) bond motifs is 1. The molecule has 2 unspecified atom stereocenters. The van der Waals surface area contributed by atoms with Crippen molar-refractivity contribution in [3.63, 3.8) is 0 Å². The minimum Gasteiger partial charge on any atom is -0.352 e. The molecule has 0 aromatic heterocycles. The summed E-state index contributed by atoms with van der Waals surface area (Å²) in [6.45, 7) is 0. The molecule has 2 rings (SSSR count). The van der Waals surface area contributed by atoms with E-state index in [1.165, 1.54) is 19.3 Å². The minimum atomic E-state index is 0.230. The molecule has 2 aliphatic rings. The second-order valence-electron chi connectivity index (χ2n) is 2.95. The first-order chi connectivity index (χ1) is 4.86. The standard InChI is InChI=1S/C7H11NOS/c9-7-4-10-6-3-1-2-5(6)8-7/h5-6H,1-4H2,(H,8,9). The molecule has 1 heterocycles. The Balaban J connectivity index is 2.03. The van der Waals surface area contributed by atoms with Crippen molar-refractivity contribution in [3.05, 3.63) is 0 Å². The number of amides is 1. The summed E-state index contributed by atoms with van der Waals surface area (Å²) in [7, 11) is 0. The molecule has 1 saturated carbocycles. The van der Waals surface area contributed by atoms with E-state index in [1.807, 2.05) is 11.8 Å². The van der Waals surface area contributed by atoms with E-state index >= 15 is 0 Å². The first kappa shape index (κ1) is 6.53. The number of carbonyl (C=O) groups is 1. The molecule has 2 nitrogen and oxygen atoms in total. The van der Waals surface area contributed by atoms with Gasteiger partial charge in [0.1, 0.15) is 0 Å². The van der Waals surface area contributed by atoms with Gasteiger partial charge in [0.2, 0.25) is 5.91 Å². The van der Waals surface area contributed by atoms with Crippen molar-refractivity contribution in [1.82, 2.24) is 5.32 Å². The second kappa shape index (κ2) is 2.46. The van der Waals surface area contributed by atoms with Gasteiger partial charge in [-0.05, 0) is 12.8 Å². The van der Waals surface area contributed by atoms with Crippen LogP contribution in [0.4, 0.5) is 0 Å².